The van der Waals surface area contributed by atoms with Gasteiger partial charge in [0.25, 0.3) is 11.8 Å². The van der Waals surface area contributed by atoms with Crippen molar-refractivity contribution in [3.05, 3.63) is 71.3 Å². The highest BCUT2D eigenvalue weighted by atomic mass is 31.2. The Morgan fingerprint density at radius 1 is 0.972 bits per heavy atom. The molecule has 9 heteroatoms. The number of nitrogens with one attached hydrogen (secondary N) is 1. The number of esters is 1. The molecule has 0 spiro atoms. The Morgan fingerprint density at radius 2 is 1.58 bits per heavy atom. The minimum atomic E-state index is -3.82. The molecule has 0 saturated carbocycles. The summed E-state index contributed by atoms with van der Waals surface area (Å²) in [6.45, 7) is 6.82. The average Bonchev–Trinajstić information content (AvgIpc) is 2.87. The highest BCUT2D eigenvalue weighted by Crippen LogP contribution is 2.46. The summed E-state index contributed by atoms with van der Waals surface area (Å²) in [4.78, 5) is 50.4. The molecule has 3 atom stereocenters. The van der Waals surface area contributed by atoms with Gasteiger partial charge in [0, 0.05) is 36.5 Å². The normalized spacial score (nSPS) is 14.2. The monoisotopic (exact) mass is 516 g/mol. The second-order valence-electron chi connectivity index (χ2n) is 8.95. The molecule has 2 unspecified atom stereocenters. The summed E-state index contributed by atoms with van der Waals surface area (Å²) in [7, 11) is -2.58. The molecule has 2 N–H and O–H groups in total. The molecule has 0 aliphatic heterocycles. The Kier molecular flexibility index (Phi) is 11.3. The molecular weight excluding hydrogens is 479 g/mol. The van der Waals surface area contributed by atoms with Crippen LogP contribution in [0.15, 0.2) is 54.6 Å². The van der Waals surface area contributed by atoms with Crippen molar-refractivity contribution in [1.29, 1.82) is 0 Å². The lowest BCUT2D eigenvalue weighted by molar-refractivity contribution is -0.144. The Labute approximate surface area is 213 Å². The van der Waals surface area contributed by atoms with Crippen LogP contribution in [0.2, 0.25) is 0 Å². The molecular formula is C27H37N2O6P. The van der Waals surface area contributed by atoms with Gasteiger partial charge in [-0.1, -0.05) is 57.2 Å². The summed E-state index contributed by atoms with van der Waals surface area (Å²) in [5.41, 5.74) is 1.36. The maximum atomic E-state index is 13.2. The van der Waals surface area contributed by atoms with E-state index in [0.717, 1.165) is 12.8 Å². The maximum Gasteiger partial charge on any atom is 0.308 e. The molecule has 8 nitrogen and oxygen atoms in total. The first kappa shape index (κ1) is 29.3. The molecule has 2 amide bonds. The quantitative estimate of drug-likeness (QED) is 0.299. The standard InChI is InChI=1S/C27H37N2O6P/c1-5-15-29(16-6-2)26(31)23-14-10-13-22(17-23)25(30)28-24(21-11-8-7-9-12-21)19-36(33,34)18-20(3)27(32)35-4/h7-14,17,20,24H,5-6,15-16,18-19H2,1-4H3,(H,28,30)(H,33,34)/t20?,24-/m1/s1. The van der Waals surface area contributed by atoms with Crippen molar-refractivity contribution in [1.82, 2.24) is 10.2 Å². The van der Waals surface area contributed by atoms with E-state index in [4.69, 9.17) is 0 Å². The van der Waals surface area contributed by atoms with Crippen LogP contribution >= 0.6 is 7.37 Å². The molecule has 0 bridgehead atoms. The number of amides is 2. The molecule has 2 rings (SSSR count). The topological polar surface area (TPSA) is 113 Å². The van der Waals surface area contributed by atoms with Crippen LogP contribution in [0, 0.1) is 5.92 Å². The number of hydrogen-bond donors (Lipinski definition) is 2. The minimum Gasteiger partial charge on any atom is -0.469 e. The summed E-state index contributed by atoms with van der Waals surface area (Å²) in [5.74, 6) is -1.91. The number of rotatable bonds is 13. The van der Waals surface area contributed by atoms with Crippen LogP contribution in [-0.2, 0) is 14.1 Å². The SMILES string of the molecule is CCCN(CCC)C(=O)c1cccc(C(=O)N[C@H](CP(=O)(O)CC(C)C(=O)OC)c2ccccc2)c1. The van der Waals surface area contributed by atoms with Crippen LogP contribution in [-0.4, -0.2) is 60.1 Å². The van der Waals surface area contributed by atoms with Gasteiger partial charge in [-0.2, -0.15) is 0 Å². The van der Waals surface area contributed by atoms with Crippen LogP contribution < -0.4 is 5.32 Å². The maximum absolute atomic E-state index is 13.2. The third kappa shape index (κ3) is 8.61. The number of hydrogen-bond acceptors (Lipinski definition) is 5. The van der Waals surface area contributed by atoms with Crippen molar-refractivity contribution >= 4 is 25.2 Å². The molecule has 0 aromatic heterocycles. The first-order valence-corrected chi connectivity index (χ1v) is 14.3. The fourth-order valence-electron chi connectivity index (χ4n) is 4.06. The number of ether oxygens (including phenoxy) is 1. The first-order valence-electron chi connectivity index (χ1n) is 12.3. The zero-order chi connectivity index (χ0) is 26.7. The van der Waals surface area contributed by atoms with Gasteiger partial charge in [-0.15, -0.1) is 0 Å². The van der Waals surface area contributed by atoms with E-state index in [1.165, 1.54) is 14.0 Å². The van der Waals surface area contributed by atoms with Gasteiger partial charge in [-0.25, -0.2) is 0 Å². The Morgan fingerprint density at radius 3 is 2.17 bits per heavy atom. The molecule has 0 aliphatic carbocycles. The Balaban J connectivity index is 2.26. The summed E-state index contributed by atoms with van der Waals surface area (Å²) < 4.78 is 17.7. The number of carbonyl (C=O) groups excluding carboxylic acids is 3. The smallest absolute Gasteiger partial charge is 0.308 e. The summed E-state index contributed by atoms with van der Waals surface area (Å²) in [5, 5.41) is 2.86. The van der Waals surface area contributed by atoms with Crippen molar-refractivity contribution in [2.45, 2.75) is 39.7 Å². The molecule has 2 aromatic rings. The van der Waals surface area contributed by atoms with E-state index in [-0.39, 0.29) is 23.8 Å². The van der Waals surface area contributed by atoms with Gasteiger partial charge >= 0.3 is 5.97 Å². The molecule has 0 aliphatic rings. The first-order chi connectivity index (χ1) is 17.1. The van der Waals surface area contributed by atoms with Crippen molar-refractivity contribution < 1.29 is 28.6 Å². The highest BCUT2D eigenvalue weighted by molar-refractivity contribution is 7.58. The van der Waals surface area contributed by atoms with Gasteiger partial charge in [-0.05, 0) is 36.6 Å². The van der Waals surface area contributed by atoms with E-state index in [1.54, 1.807) is 53.4 Å². The van der Waals surface area contributed by atoms with E-state index in [9.17, 15) is 23.8 Å². The van der Waals surface area contributed by atoms with Gasteiger partial charge in [0.05, 0.1) is 19.1 Å². The summed E-state index contributed by atoms with van der Waals surface area (Å²) in [6.07, 6.45) is 1.16. The minimum absolute atomic E-state index is 0.135. The van der Waals surface area contributed by atoms with E-state index >= 15 is 0 Å². The van der Waals surface area contributed by atoms with Crippen LogP contribution in [0.1, 0.15) is 65.9 Å². The van der Waals surface area contributed by atoms with E-state index in [2.05, 4.69) is 10.1 Å². The summed E-state index contributed by atoms with van der Waals surface area (Å²) >= 11 is 0. The largest absolute Gasteiger partial charge is 0.469 e. The lowest BCUT2D eigenvalue weighted by Gasteiger charge is -2.24. The lowest BCUT2D eigenvalue weighted by atomic mass is 10.1. The third-order valence-electron chi connectivity index (χ3n) is 5.78. The highest BCUT2D eigenvalue weighted by Gasteiger charge is 2.31. The number of nitrogens with zero attached hydrogens (tertiary/aromatic N) is 1. The van der Waals surface area contributed by atoms with Crippen LogP contribution in [0.4, 0.5) is 0 Å². The van der Waals surface area contributed by atoms with Crippen molar-refractivity contribution in [2.75, 3.05) is 32.5 Å². The molecule has 196 valence electrons. The van der Waals surface area contributed by atoms with Gasteiger partial charge in [0.2, 0.25) is 7.37 Å². The molecule has 0 radical (unpaired) electrons. The fourth-order valence-corrected chi connectivity index (χ4v) is 6.08. The van der Waals surface area contributed by atoms with E-state index < -0.39 is 31.2 Å². The molecule has 2 aromatic carbocycles. The van der Waals surface area contributed by atoms with Crippen LogP contribution in [0.3, 0.4) is 0 Å². The van der Waals surface area contributed by atoms with Gasteiger partial charge in [0.15, 0.2) is 0 Å². The van der Waals surface area contributed by atoms with E-state index in [1.807, 2.05) is 19.9 Å². The predicted octanol–water partition coefficient (Wildman–Crippen LogP) is 4.50. The summed E-state index contributed by atoms with van der Waals surface area (Å²) in [6, 6.07) is 14.6. The number of carbonyl (C=O) groups is 3. The van der Waals surface area contributed by atoms with Crippen molar-refractivity contribution in [3.8, 4) is 0 Å². The van der Waals surface area contributed by atoms with E-state index in [0.29, 0.717) is 24.2 Å². The molecule has 36 heavy (non-hydrogen) atoms. The van der Waals surface area contributed by atoms with Crippen LogP contribution in [0.25, 0.3) is 0 Å². The Bertz CT molecular complexity index is 1070. The number of benzene rings is 2. The van der Waals surface area contributed by atoms with Gasteiger partial charge in [0.1, 0.15) is 0 Å². The third-order valence-corrected chi connectivity index (χ3v) is 7.84. The zero-order valence-electron chi connectivity index (χ0n) is 21.5. The zero-order valence-corrected chi connectivity index (χ0v) is 22.4. The second-order valence-corrected chi connectivity index (χ2v) is 11.4. The Hall–Kier alpha value is -2.96. The molecule has 0 heterocycles. The lowest BCUT2D eigenvalue weighted by Crippen LogP contribution is -2.33. The number of methoxy groups -OCH3 is 1. The van der Waals surface area contributed by atoms with Gasteiger partial charge < -0.3 is 19.8 Å². The molecule has 0 saturated heterocycles. The van der Waals surface area contributed by atoms with Crippen LogP contribution in [0.5, 0.6) is 0 Å². The predicted molar refractivity (Wildman–Crippen MR) is 140 cm³/mol. The van der Waals surface area contributed by atoms with Gasteiger partial charge in [-0.3, -0.25) is 18.9 Å². The molecule has 0 fully saturated rings. The second kappa shape index (κ2) is 14.0. The van der Waals surface area contributed by atoms with Crippen molar-refractivity contribution in [2.24, 2.45) is 5.92 Å². The fraction of sp³-hybridized carbons (Fsp3) is 0.444. The van der Waals surface area contributed by atoms with Crippen molar-refractivity contribution in [3.63, 3.8) is 0 Å². The average molecular weight is 517 g/mol.